The number of piperidine rings is 1. The fourth-order valence-electron chi connectivity index (χ4n) is 3.42. The Hall–Kier alpha value is -1.46. The van der Waals surface area contributed by atoms with Gasteiger partial charge in [0.2, 0.25) is 5.75 Å². The van der Waals surface area contributed by atoms with Gasteiger partial charge in [0.25, 0.3) is 0 Å². The summed E-state index contributed by atoms with van der Waals surface area (Å²) in [5.74, 6) is 2.93. The van der Waals surface area contributed by atoms with Gasteiger partial charge in [-0.05, 0) is 51.5 Å². The maximum Gasteiger partial charge on any atom is 0.203 e. The maximum absolute atomic E-state index is 6.11. The molecule has 1 aromatic rings. The summed E-state index contributed by atoms with van der Waals surface area (Å²) in [7, 11) is 7.11. The molecule has 1 aliphatic rings. The fourth-order valence-corrected chi connectivity index (χ4v) is 3.42. The number of ether oxygens (including phenoxy) is 3. The van der Waals surface area contributed by atoms with E-state index >= 15 is 0 Å². The lowest BCUT2D eigenvalue weighted by atomic mass is 9.79. The number of hydrogen-bond donors (Lipinski definition) is 1. The van der Waals surface area contributed by atoms with Crippen molar-refractivity contribution in [2.45, 2.75) is 18.8 Å². The number of hydrogen-bond acceptors (Lipinski definition) is 5. The first-order valence-corrected chi connectivity index (χ1v) is 7.83. The van der Waals surface area contributed by atoms with Crippen LogP contribution in [-0.4, -0.2) is 52.9 Å². The van der Waals surface area contributed by atoms with E-state index in [9.17, 15) is 0 Å². The highest BCUT2D eigenvalue weighted by Crippen LogP contribution is 2.45. The summed E-state index contributed by atoms with van der Waals surface area (Å²) in [5, 5.41) is 0. The summed E-state index contributed by atoms with van der Waals surface area (Å²) in [6.45, 7) is 2.85. The molecule has 0 amide bonds. The van der Waals surface area contributed by atoms with Crippen LogP contribution < -0.4 is 19.9 Å². The molecule has 1 atom stereocenters. The summed E-state index contributed by atoms with van der Waals surface area (Å²) >= 11 is 0. The van der Waals surface area contributed by atoms with E-state index in [0.717, 1.165) is 37.2 Å². The second-order valence-electron chi connectivity index (χ2n) is 5.91. The van der Waals surface area contributed by atoms with Crippen molar-refractivity contribution < 1.29 is 14.2 Å². The average molecular weight is 308 g/mol. The van der Waals surface area contributed by atoms with Crippen LogP contribution in [0.1, 0.15) is 24.3 Å². The van der Waals surface area contributed by atoms with Gasteiger partial charge in [-0.3, -0.25) is 0 Å². The van der Waals surface area contributed by atoms with Gasteiger partial charge in [-0.2, -0.15) is 0 Å². The molecule has 0 aromatic heterocycles. The number of nitrogens with zero attached hydrogens (tertiary/aromatic N) is 1. The van der Waals surface area contributed by atoms with Crippen LogP contribution in [0.4, 0.5) is 0 Å². The van der Waals surface area contributed by atoms with Gasteiger partial charge in [0.05, 0.1) is 21.3 Å². The molecular weight excluding hydrogens is 280 g/mol. The highest BCUT2D eigenvalue weighted by Gasteiger charge is 2.29. The van der Waals surface area contributed by atoms with Gasteiger partial charge >= 0.3 is 0 Å². The number of likely N-dealkylation sites (tertiary alicyclic amines) is 1. The smallest absolute Gasteiger partial charge is 0.203 e. The Kier molecular flexibility index (Phi) is 5.91. The molecule has 1 saturated heterocycles. The van der Waals surface area contributed by atoms with E-state index < -0.39 is 0 Å². The summed E-state index contributed by atoms with van der Waals surface area (Å²) in [4.78, 5) is 2.37. The topological polar surface area (TPSA) is 57.0 Å². The number of rotatable bonds is 6. The van der Waals surface area contributed by atoms with Crippen molar-refractivity contribution in [3.8, 4) is 17.2 Å². The van der Waals surface area contributed by atoms with E-state index in [1.807, 2.05) is 6.07 Å². The molecule has 0 saturated carbocycles. The zero-order valence-electron chi connectivity index (χ0n) is 14.1. The van der Waals surface area contributed by atoms with Crippen LogP contribution >= 0.6 is 0 Å². The average Bonchev–Trinajstić information content (AvgIpc) is 2.56. The molecular formula is C17H28N2O3. The predicted molar refractivity (Wildman–Crippen MR) is 88.1 cm³/mol. The molecule has 1 aromatic carbocycles. The molecule has 5 nitrogen and oxygen atoms in total. The van der Waals surface area contributed by atoms with E-state index in [4.69, 9.17) is 19.9 Å². The molecule has 0 bridgehead atoms. The first-order chi connectivity index (χ1) is 10.7. The Morgan fingerprint density at radius 3 is 2.23 bits per heavy atom. The monoisotopic (exact) mass is 308 g/mol. The zero-order valence-corrected chi connectivity index (χ0v) is 14.1. The minimum atomic E-state index is 0.281. The molecule has 2 rings (SSSR count). The van der Waals surface area contributed by atoms with Crippen LogP contribution in [0.5, 0.6) is 17.2 Å². The molecule has 0 aliphatic carbocycles. The van der Waals surface area contributed by atoms with Crippen molar-refractivity contribution in [1.29, 1.82) is 0 Å². The predicted octanol–water partition coefficient (Wildman–Crippen LogP) is 2.10. The second kappa shape index (κ2) is 7.70. The molecule has 0 radical (unpaired) electrons. The standard InChI is InChI=1S/C17H28N2O3/c1-19-9-7-12(8-10-19)14(11-18)13-5-6-15(20-2)17(22-4)16(13)21-3/h5-6,12,14H,7-11,18H2,1-4H3. The van der Waals surface area contributed by atoms with E-state index in [1.165, 1.54) is 0 Å². The minimum absolute atomic E-state index is 0.281. The first kappa shape index (κ1) is 16.9. The first-order valence-electron chi connectivity index (χ1n) is 7.83. The molecule has 22 heavy (non-hydrogen) atoms. The lowest BCUT2D eigenvalue weighted by Gasteiger charge is -2.34. The van der Waals surface area contributed by atoms with Gasteiger partial charge in [0, 0.05) is 11.5 Å². The molecule has 0 spiro atoms. The Balaban J connectivity index is 2.36. The summed E-state index contributed by atoms with van der Waals surface area (Å²) < 4.78 is 16.5. The maximum atomic E-state index is 6.11. The third-order valence-electron chi connectivity index (χ3n) is 4.72. The molecule has 5 heteroatoms. The highest BCUT2D eigenvalue weighted by atomic mass is 16.5. The van der Waals surface area contributed by atoms with Gasteiger partial charge in [0.15, 0.2) is 11.5 Å². The molecule has 1 heterocycles. The van der Waals surface area contributed by atoms with Crippen molar-refractivity contribution in [2.75, 3.05) is 48.0 Å². The summed E-state index contributed by atoms with van der Waals surface area (Å²) in [6, 6.07) is 4.00. The second-order valence-corrected chi connectivity index (χ2v) is 5.91. The lowest BCUT2D eigenvalue weighted by Crippen LogP contribution is -2.34. The molecule has 2 N–H and O–H groups in total. The number of methoxy groups -OCH3 is 3. The zero-order chi connectivity index (χ0) is 16.1. The largest absolute Gasteiger partial charge is 0.493 e. The van der Waals surface area contributed by atoms with Crippen LogP contribution in [0.15, 0.2) is 12.1 Å². The highest BCUT2D eigenvalue weighted by molar-refractivity contribution is 5.57. The summed E-state index contributed by atoms with van der Waals surface area (Å²) in [5.41, 5.74) is 7.24. The van der Waals surface area contributed by atoms with Crippen LogP contribution in [0.25, 0.3) is 0 Å². The number of benzene rings is 1. The summed E-state index contributed by atoms with van der Waals surface area (Å²) in [6.07, 6.45) is 2.33. The third-order valence-corrected chi connectivity index (χ3v) is 4.72. The van der Waals surface area contributed by atoms with Gasteiger partial charge < -0.3 is 24.8 Å². The molecule has 1 unspecified atom stereocenters. The Morgan fingerprint density at radius 1 is 1.09 bits per heavy atom. The van der Waals surface area contributed by atoms with Gasteiger partial charge in [-0.1, -0.05) is 6.07 Å². The Bertz CT molecular complexity index is 485. The van der Waals surface area contributed by atoms with Gasteiger partial charge in [-0.15, -0.1) is 0 Å². The quantitative estimate of drug-likeness (QED) is 0.872. The Labute approximate surface area is 133 Å². The molecule has 1 fully saturated rings. The number of nitrogens with two attached hydrogens (primary N) is 1. The molecule has 124 valence electrons. The van der Waals surface area contributed by atoms with Crippen LogP contribution in [0, 0.1) is 5.92 Å². The normalized spacial score (nSPS) is 18.0. The van der Waals surface area contributed by atoms with Crippen LogP contribution in [0.3, 0.4) is 0 Å². The van der Waals surface area contributed by atoms with Crippen molar-refractivity contribution in [3.63, 3.8) is 0 Å². The van der Waals surface area contributed by atoms with Crippen LogP contribution in [0.2, 0.25) is 0 Å². The van der Waals surface area contributed by atoms with Crippen LogP contribution in [-0.2, 0) is 0 Å². The van der Waals surface area contributed by atoms with Gasteiger partial charge in [0.1, 0.15) is 0 Å². The van der Waals surface area contributed by atoms with Crippen molar-refractivity contribution in [2.24, 2.45) is 11.7 Å². The van der Waals surface area contributed by atoms with Crippen molar-refractivity contribution >= 4 is 0 Å². The Morgan fingerprint density at radius 2 is 1.73 bits per heavy atom. The van der Waals surface area contributed by atoms with Crippen molar-refractivity contribution in [1.82, 2.24) is 4.90 Å². The molecule has 1 aliphatic heterocycles. The lowest BCUT2D eigenvalue weighted by molar-refractivity contribution is 0.197. The van der Waals surface area contributed by atoms with E-state index in [0.29, 0.717) is 24.0 Å². The van der Waals surface area contributed by atoms with E-state index in [2.05, 4.69) is 18.0 Å². The van der Waals surface area contributed by atoms with E-state index in [1.54, 1.807) is 21.3 Å². The fraction of sp³-hybridized carbons (Fsp3) is 0.647. The van der Waals surface area contributed by atoms with Gasteiger partial charge in [-0.25, -0.2) is 0 Å². The third kappa shape index (κ3) is 3.31. The minimum Gasteiger partial charge on any atom is -0.493 e. The SMILES string of the molecule is COc1ccc(C(CN)C2CCN(C)CC2)c(OC)c1OC. The van der Waals surface area contributed by atoms with Crippen molar-refractivity contribution in [3.05, 3.63) is 17.7 Å². The van der Waals surface area contributed by atoms with E-state index in [-0.39, 0.29) is 5.92 Å².